The number of hydrogen-bond acceptors (Lipinski definition) is 1. The second-order valence-electron chi connectivity index (χ2n) is 2.32. The Hall–Kier alpha value is -0.0999. The molecule has 3 heteroatoms. The van der Waals surface area contributed by atoms with Crippen LogP contribution in [0.15, 0.2) is 0 Å². The van der Waals surface area contributed by atoms with E-state index in [0.717, 1.165) is 24.4 Å². The molecule has 9 heavy (non-hydrogen) atoms. The molecule has 2 nitrogen and oxygen atoms in total. The first-order valence-electron chi connectivity index (χ1n) is 2.53. The molecule has 0 aromatic heterocycles. The van der Waals surface area contributed by atoms with E-state index in [1.165, 1.54) is 0 Å². The molecule has 0 bridgehead atoms. The van der Waals surface area contributed by atoms with Gasteiger partial charge in [-0.05, 0) is 0 Å². The van der Waals surface area contributed by atoms with E-state index < -0.39 is 0 Å². The van der Waals surface area contributed by atoms with Crippen molar-refractivity contribution in [1.82, 2.24) is 5.32 Å². The van der Waals surface area contributed by atoms with Crippen LogP contribution in [0.1, 0.15) is 13.8 Å². The van der Waals surface area contributed by atoms with E-state index in [9.17, 15) is 4.79 Å². The molecule has 0 aliphatic heterocycles. The molecule has 0 heterocycles. The molecule has 0 unspecified atom stereocenters. The normalized spacial score (nSPS) is 9.89. The molecule has 0 aliphatic rings. The van der Waals surface area contributed by atoms with Crippen molar-refractivity contribution in [2.45, 2.75) is 17.1 Å². The summed E-state index contributed by atoms with van der Waals surface area (Å²) in [5.41, 5.74) is 0. The number of nitrogens with one attached hydrogen (secondary N) is 1. The van der Waals surface area contributed by atoms with Gasteiger partial charge in [0.15, 0.2) is 0 Å². The van der Waals surface area contributed by atoms with Crippen molar-refractivity contribution in [2.24, 2.45) is 0 Å². The van der Waals surface area contributed by atoms with Crippen molar-refractivity contribution >= 4 is 30.3 Å². The molecule has 0 aromatic carbocycles. The van der Waals surface area contributed by atoms with Crippen molar-refractivity contribution in [3.8, 4) is 12.3 Å². The fourth-order valence-electron chi connectivity index (χ4n) is 0.329. The van der Waals surface area contributed by atoms with Gasteiger partial charge in [-0.3, -0.25) is 0 Å². The van der Waals surface area contributed by atoms with Gasteiger partial charge in [-0.1, -0.05) is 0 Å². The Bertz CT molecular complexity index is 151. The average molecular weight is 225 g/mol. The summed E-state index contributed by atoms with van der Waals surface area (Å²) in [6.45, 7) is 3.87. The molecule has 2 radical (unpaired) electrons. The number of amides is 1. The van der Waals surface area contributed by atoms with Gasteiger partial charge in [0, 0.05) is 0 Å². The van der Waals surface area contributed by atoms with Crippen molar-refractivity contribution in [2.75, 3.05) is 0 Å². The Labute approximate surface area is 70.0 Å². The number of hydrogen-bond donors (Lipinski definition) is 1. The summed E-state index contributed by atoms with van der Waals surface area (Å²) in [5.74, 6) is 1.67. The summed E-state index contributed by atoms with van der Waals surface area (Å²) in [6, 6.07) is 0. The number of rotatable bonds is 1. The number of carbonyl (C=O) groups excluding carboxylic acids is 1. The molecule has 0 atom stereocenters. The van der Waals surface area contributed by atoms with Gasteiger partial charge in [-0.2, -0.15) is 0 Å². The van der Waals surface area contributed by atoms with Crippen molar-refractivity contribution in [1.29, 1.82) is 0 Å². The zero-order valence-corrected chi connectivity index (χ0v) is 8.86. The monoisotopic (exact) mass is 225 g/mol. The number of terminal acetylenes is 1. The zero-order chi connectivity index (χ0) is 7.49. The Kier molecular flexibility index (Phi) is 3.13. The standard InChI is InChI=1S/C6H8NO.In/c1-4-6(8)7-5(2)3;/h1H,2-3H3,(H,7,8);. The summed E-state index contributed by atoms with van der Waals surface area (Å²) in [4.78, 5) is 10.5. The first-order chi connectivity index (χ1) is 3.95. The molecule has 0 rings (SSSR count). The average Bonchev–Trinajstić information content (AvgIpc) is 1.62. The minimum atomic E-state index is -0.326. The van der Waals surface area contributed by atoms with Gasteiger partial charge in [0.2, 0.25) is 0 Å². The Morgan fingerprint density at radius 3 is 2.33 bits per heavy atom. The van der Waals surface area contributed by atoms with E-state index >= 15 is 0 Å². The van der Waals surface area contributed by atoms with Crippen LogP contribution in [0.5, 0.6) is 0 Å². The van der Waals surface area contributed by atoms with Crippen LogP contribution in [-0.2, 0) is 4.79 Å². The summed E-state index contributed by atoms with van der Waals surface area (Å²) in [5, 5.41) is 2.65. The molecule has 0 aliphatic carbocycles. The van der Waals surface area contributed by atoms with Crippen LogP contribution in [0.25, 0.3) is 0 Å². The van der Waals surface area contributed by atoms with Gasteiger partial charge < -0.3 is 0 Å². The Morgan fingerprint density at radius 1 is 1.78 bits per heavy atom. The molecule has 0 fully saturated rings. The SMILES string of the molecule is C#CC(=O)N[C](C)(C)[In]. The topological polar surface area (TPSA) is 29.1 Å². The van der Waals surface area contributed by atoms with Gasteiger partial charge >= 0.3 is 69.9 Å². The van der Waals surface area contributed by atoms with Crippen LogP contribution in [0.3, 0.4) is 0 Å². The third kappa shape index (κ3) is 5.78. The van der Waals surface area contributed by atoms with E-state index in [2.05, 4.69) is 5.32 Å². The van der Waals surface area contributed by atoms with Gasteiger partial charge in [0.1, 0.15) is 0 Å². The second-order valence-corrected chi connectivity index (χ2v) is 6.44. The predicted octanol–water partition coefficient (Wildman–Crippen LogP) is -0.360. The first-order valence-corrected chi connectivity index (χ1v) is 4.18. The maximum absolute atomic E-state index is 10.5. The van der Waals surface area contributed by atoms with Crippen molar-refractivity contribution in [3.63, 3.8) is 0 Å². The van der Waals surface area contributed by atoms with E-state index in [-0.39, 0.29) is 9.20 Å². The van der Waals surface area contributed by atoms with Gasteiger partial charge in [0.25, 0.3) is 0 Å². The molecule has 0 saturated heterocycles. The zero-order valence-electron chi connectivity index (χ0n) is 5.56. The second kappa shape index (κ2) is 3.17. The maximum atomic E-state index is 10.5. The van der Waals surface area contributed by atoms with E-state index in [1.807, 2.05) is 19.8 Å². The van der Waals surface area contributed by atoms with Crippen LogP contribution in [0.4, 0.5) is 0 Å². The summed E-state index contributed by atoms with van der Waals surface area (Å²) in [7, 11) is 0. The van der Waals surface area contributed by atoms with E-state index in [4.69, 9.17) is 6.42 Å². The summed E-state index contributed by atoms with van der Waals surface area (Å²) >= 11 is 0.965. The molecule has 0 saturated carbocycles. The first kappa shape index (κ1) is 8.90. The molecule has 1 N–H and O–H groups in total. The summed E-state index contributed by atoms with van der Waals surface area (Å²) < 4.78 is -0.0888. The minimum absolute atomic E-state index is 0.0888. The third-order valence-corrected chi connectivity index (χ3v) is 0.979. The molecule has 1 amide bonds. The fourth-order valence-corrected chi connectivity index (χ4v) is 0.703. The molecular weight excluding hydrogens is 217 g/mol. The molecule has 46 valence electrons. The number of carbonyl (C=O) groups is 1. The van der Waals surface area contributed by atoms with Gasteiger partial charge in [0.05, 0.1) is 0 Å². The van der Waals surface area contributed by atoms with E-state index in [0.29, 0.717) is 0 Å². The van der Waals surface area contributed by atoms with Crippen LogP contribution >= 0.6 is 0 Å². The Balaban J connectivity index is 3.78. The predicted molar refractivity (Wildman–Crippen MR) is 36.8 cm³/mol. The molecular formula is C6H8InNO. The summed E-state index contributed by atoms with van der Waals surface area (Å²) in [6.07, 6.45) is 4.83. The van der Waals surface area contributed by atoms with Crippen LogP contribution in [0.2, 0.25) is 0 Å². The quantitative estimate of drug-likeness (QED) is 0.606. The van der Waals surface area contributed by atoms with E-state index in [1.54, 1.807) is 0 Å². The Morgan fingerprint density at radius 2 is 2.22 bits per heavy atom. The third-order valence-electron chi connectivity index (χ3n) is 0.567. The van der Waals surface area contributed by atoms with Crippen LogP contribution < -0.4 is 5.32 Å². The van der Waals surface area contributed by atoms with Crippen molar-refractivity contribution < 1.29 is 4.79 Å². The fraction of sp³-hybridized carbons (Fsp3) is 0.500. The van der Waals surface area contributed by atoms with Crippen LogP contribution in [-0.4, -0.2) is 33.6 Å². The van der Waals surface area contributed by atoms with Crippen LogP contribution in [0, 0.1) is 12.3 Å². The molecule has 0 aromatic rings. The van der Waals surface area contributed by atoms with Gasteiger partial charge in [-0.25, -0.2) is 0 Å². The molecule has 0 spiro atoms. The van der Waals surface area contributed by atoms with Crippen molar-refractivity contribution in [3.05, 3.63) is 0 Å². The van der Waals surface area contributed by atoms with Gasteiger partial charge in [-0.15, -0.1) is 0 Å².